The Morgan fingerprint density at radius 3 is 2.16 bits per heavy atom. The summed E-state index contributed by atoms with van der Waals surface area (Å²) < 4.78 is 16.8. The number of carbonyl (C=O) groups excluding carboxylic acids is 1. The Morgan fingerprint density at radius 1 is 1.00 bits per heavy atom. The predicted molar refractivity (Wildman–Crippen MR) is 121 cm³/mol. The molecule has 0 amide bonds. The fourth-order valence-corrected chi connectivity index (χ4v) is 3.07. The van der Waals surface area contributed by atoms with E-state index in [0.29, 0.717) is 41.4 Å². The van der Waals surface area contributed by atoms with Crippen molar-refractivity contribution in [1.29, 1.82) is 0 Å². The lowest BCUT2D eigenvalue weighted by atomic mass is 9.87. The highest BCUT2D eigenvalue weighted by Crippen LogP contribution is 2.33. The van der Waals surface area contributed by atoms with Crippen LogP contribution in [0, 0.1) is 18.3 Å². The third-order valence-electron chi connectivity index (χ3n) is 4.83. The third-order valence-corrected chi connectivity index (χ3v) is 4.83. The highest BCUT2D eigenvalue weighted by Gasteiger charge is 2.22. The van der Waals surface area contributed by atoms with Gasteiger partial charge in [0.05, 0.1) is 31.5 Å². The summed E-state index contributed by atoms with van der Waals surface area (Å²) in [5.41, 5.74) is 0.742. The normalized spacial score (nSPS) is 12.2. The predicted octanol–water partition coefficient (Wildman–Crippen LogP) is 5.12. The van der Waals surface area contributed by atoms with Crippen molar-refractivity contribution >= 4 is 11.8 Å². The van der Waals surface area contributed by atoms with Gasteiger partial charge in [-0.25, -0.2) is 4.79 Å². The molecule has 0 aliphatic carbocycles. The second-order valence-corrected chi connectivity index (χ2v) is 9.14. The molecule has 0 radical (unpaired) electrons. The fourth-order valence-electron chi connectivity index (χ4n) is 3.07. The first-order chi connectivity index (χ1) is 14.9. The van der Waals surface area contributed by atoms with Crippen molar-refractivity contribution in [2.24, 2.45) is 11.3 Å². The van der Waals surface area contributed by atoms with Crippen LogP contribution in [-0.4, -0.2) is 42.3 Å². The van der Waals surface area contributed by atoms with Crippen molar-refractivity contribution in [2.45, 2.75) is 41.0 Å². The summed E-state index contributed by atoms with van der Waals surface area (Å²) in [6.45, 7) is 10.1. The Hall–Kier alpha value is -3.22. The summed E-state index contributed by atoms with van der Waals surface area (Å²) >= 11 is 0. The molecule has 2 N–H and O–H groups in total. The Morgan fingerprint density at radius 2 is 1.59 bits per heavy atom. The number of hydrogen-bond donors (Lipinski definition) is 2. The highest BCUT2D eigenvalue weighted by atomic mass is 16.5. The van der Waals surface area contributed by atoms with Crippen LogP contribution in [0.3, 0.4) is 0 Å². The van der Waals surface area contributed by atoms with Gasteiger partial charge in [0, 0.05) is 17.9 Å². The Kier molecular flexibility index (Phi) is 8.14. The Labute approximate surface area is 188 Å². The lowest BCUT2D eigenvalue weighted by Crippen LogP contribution is -2.17. The summed E-state index contributed by atoms with van der Waals surface area (Å²) in [4.78, 5) is 23.7. The van der Waals surface area contributed by atoms with Crippen LogP contribution in [0.5, 0.6) is 23.0 Å². The lowest BCUT2D eigenvalue weighted by molar-refractivity contribution is 0.0695. The number of benzene rings is 2. The van der Waals surface area contributed by atoms with E-state index in [-0.39, 0.29) is 35.0 Å². The summed E-state index contributed by atoms with van der Waals surface area (Å²) in [5.74, 6) is 0.0201. The molecular weight excluding hydrogens is 412 g/mol. The van der Waals surface area contributed by atoms with E-state index in [2.05, 4.69) is 0 Å². The van der Waals surface area contributed by atoms with Crippen molar-refractivity contribution in [2.75, 3.05) is 20.3 Å². The van der Waals surface area contributed by atoms with Crippen LogP contribution in [0.25, 0.3) is 0 Å². The number of carboxylic acids is 1. The molecular formula is C25H32O7. The molecule has 7 heteroatoms. The van der Waals surface area contributed by atoms with Gasteiger partial charge in [0.15, 0.2) is 17.3 Å². The van der Waals surface area contributed by atoms with E-state index < -0.39 is 5.97 Å². The number of carbonyl (C=O) groups is 2. The number of carboxylic acid groups (broad SMARTS) is 1. The molecule has 2 aromatic rings. The zero-order valence-corrected chi connectivity index (χ0v) is 19.5. The maximum absolute atomic E-state index is 12.5. The number of hydrogen-bond acceptors (Lipinski definition) is 6. The first-order valence-corrected chi connectivity index (χ1v) is 10.5. The van der Waals surface area contributed by atoms with Crippen molar-refractivity contribution < 1.29 is 34.0 Å². The molecule has 2 rings (SSSR count). The molecule has 32 heavy (non-hydrogen) atoms. The zero-order chi connectivity index (χ0) is 24.1. The van der Waals surface area contributed by atoms with Crippen LogP contribution < -0.4 is 14.2 Å². The number of aromatic carboxylic acids is 1. The number of methoxy groups -OCH3 is 1. The van der Waals surface area contributed by atoms with Crippen LogP contribution in [0.2, 0.25) is 0 Å². The molecule has 7 nitrogen and oxygen atoms in total. The van der Waals surface area contributed by atoms with Crippen molar-refractivity contribution in [1.82, 2.24) is 0 Å². The molecule has 1 atom stereocenters. The quantitative estimate of drug-likeness (QED) is 0.490. The van der Waals surface area contributed by atoms with Gasteiger partial charge in [-0.3, -0.25) is 4.79 Å². The molecule has 0 unspecified atom stereocenters. The van der Waals surface area contributed by atoms with Crippen LogP contribution in [0.1, 0.15) is 60.4 Å². The minimum Gasteiger partial charge on any atom is -0.507 e. The number of aromatic hydroxyl groups is 1. The lowest BCUT2D eigenvalue weighted by Gasteiger charge is -2.19. The molecule has 174 valence electrons. The monoisotopic (exact) mass is 444 g/mol. The Bertz CT molecular complexity index is 973. The van der Waals surface area contributed by atoms with Gasteiger partial charge in [-0.1, -0.05) is 27.7 Å². The second-order valence-electron chi connectivity index (χ2n) is 9.14. The van der Waals surface area contributed by atoms with Gasteiger partial charge < -0.3 is 24.4 Å². The third kappa shape index (κ3) is 6.64. The van der Waals surface area contributed by atoms with Gasteiger partial charge in [-0.2, -0.15) is 0 Å². The summed E-state index contributed by atoms with van der Waals surface area (Å²) in [6, 6.07) is 7.71. The van der Waals surface area contributed by atoms with E-state index in [1.807, 2.05) is 27.7 Å². The molecule has 2 aromatic carbocycles. The molecule has 0 fully saturated rings. The van der Waals surface area contributed by atoms with Gasteiger partial charge >= 0.3 is 5.97 Å². The SMILES string of the molecule is COc1ccc(C(=O)O)cc1OC[C@H](C)COc1ccc(C(=O)CC(C)(C)C)c(O)c1C. The highest BCUT2D eigenvalue weighted by molar-refractivity contribution is 5.99. The van der Waals surface area contributed by atoms with Crippen LogP contribution in [0.4, 0.5) is 0 Å². The standard InChI is InChI=1S/C25H32O7/c1-15(14-32-22-11-17(24(28)29)7-9-21(22)30-6)13-31-20-10-8-18(23(27)16(20)2)19(26)12-25(3,4)5/h7-11,15,27H,12-14H2,1-6H3,(H,28,29)/t15-/m1/s1. The topological polar surface area (TPSA) is 102 Å². The average Bonchev–Trinajstić information content (AvgIpc) is 2.71. The minimum absolute atomic E-state index is 0.0445. The van der Waals surface area contributed by atoms with Gasteiger partial charge in [0.2, 0.25) is 0 Å². The number of ether oxygens (including phenoxy) is 3. The first kappa shape index (κ1) is 25.0. The Balaban J connectivity index is 2.01. The largest absolute Gasteiger partial charge is 0.507 e. The molecule has 0 aliphatic heterocycles. The van der Waals surface area contributed by atoms with Gasteiger partial charge in [0.1, 0.15) is 11.5 Å². The molecule has 0 aromatic heterocycles. The molecule has 0 saturated carbocycles. The van der Waals surface area contributed by atoms with Gasteiger partial charge in [-0.15, -0.1) is 0 Å². The van der Waals surface area contributed by atoms with Crippen LogP contribution in [0.15, 0.2) is 30.3 Å². The average molecular weight is 445 g/mol. The second kappa shape index (κ2) is 10.4. The fraction of sp³-hybridized carbons (Fsp3) is 0.440. The van der Waals surface area contributed by atoms with E-state index in [1.165, 1.54) is 19.2 Å². The van der Waals surface area contributed by atoms with E-state index in [9.17, 15) is 14.7 Å². The van der Waals surface area contributed by atoms with Crippen molar-refractivity contribution in [3.8, 4) is 23.0 Å². The van der Waals surface area contributed by atoms with Crippen molar-refractivity contribution in [3.63, 3.8) is 0 Å². The first-order valence-electron chi connectivity index (χ1n) is 10.5. The van der Waals surface area contributed by atoms with Crippen molar-refractivity contribution in [3.05, 3.63) is 47.0 Å². The van der Waals surface area contributed by atoms with E-state index in [0.717, 1.165) is 0 Å². The molecule has 0 spiro atoms. The summed E-state index contributed by atoms with van der Waals surface area (Å²) in [6.07, 6.45) is 0.334. The van der Waals surface area contributed by atoms with Gasteiger partial charge in [-0.05, 0) is 42.7 Å². The van der Waals surface area contributed by atoms with E-state index in [1.54, 1.807) is 25.1 Å². The molecule has 0 aliphatic rings. The number of Topliss-reactive ketones (excluding diaryl/α,β-unsaturated/α-hetero) is 1. The minimum atomic E-state index is -1.05. The number of phenols is 1. The number of phenolic OH excluding ortho intramolecular Hbond substituents is 1. The number of ketones is 1. The smallest absolute Gasteiger partial charge is 0.335 e. The molecule has 0 saturated heterocycles. The van der Waals surface area contributed by atoms with E-state index in [4.69, 9.17) is 19.3 Å². The van der Waals surface area contributed by atoms with Crippen LogP contribution in [-0.2, 0) is 0 Å². The summed E-state index contributed by atoms with van der Waals surface area (Å²) in [7, 11) is 1.49. The maximum Gasteiger partial charge on any atom is 0.335 e. The number of rotatable bonds is 10. The van der Waals surface area contributed by atoms with Gasteiger partial charge in [0.25, 0.3) is 0 Å². The summed E-state index contributed by atoms with van der Waals surface area (Å²) in [5, 5.41) is 19.7. The zero-order valence-electron chi connectivity index (χ0n) is 19.5. The van der Waals surface area contributed by atoms with Crippen LogP contribution >= 0.6 is 0 Å². The molecule has 0 bridgehead atoms. The maximum atomic E-state index is 12.5. The molecule has 0 heterocycles. The van der Waals surface area contributed by atoms with E-state index >= 15 is 0 Å².